The van der Waals surface area contributed by atoms with Crippen molar-refractivity contribution in [1.29, 1.82) is 0 Å². The Bertz CT molecular complexity index is 586. The molecule has 0 aromatic heterocycles. The third-order valence-electron chi connectivity index (χ3n) is 3.72. The number of nitrogens with one attached hydrogen (secondary N) is 1. The van der Waals surface area contributed by atoms with Gasteiger partial charge in [-0.3, -0.25) is 14.5 Å². The standard InChI is InChI=1S/C17H22ClN3O3/c1-2-7-19-16(22)12-20-8-10-21(11-9-20)17(23)13-24-15-6-4-3-5-14(15)18/h2-6H,1,7-13H2,(H,19,22). The summed E-state index contributed by atoms with van der Waals surface area (Å²) >= 11 is 6.00. The number of nitrogens with zero attached hydrogens (tertiary/aromatic N) is 2. The van der Waals surface area contributed by atoms with Crippen LogP contribution in [0.3, 0.4) is 0 Å². The molecule has 2 rings (SSSR count). The van der Waals surface area contributed by atoms with Crippen LogP contribution in [0.25, 0.3) is 0 Å². The topological polar surface area (TPSA) is 61.9 Å². The van der Waals surface area contributed by atoms with Crippen molar-refractivity contribution in [1.82, 2.24) is 15.1 Å². The van der Waals surface area contributed by atoms with E-state index in [9.17, 15) is 9.59 Å². The molecule has 1 aromatic rings. The number of para-hydroxylation sites is 1. The van der Waals surface area contributed by atoms with Crippen LogP contribution in [-0.2, 0) is 9.59 Å². The van der Waals surface area contributed by atoms with E-state index in [0.717, 1.165) is 0 Å². The van der Waals surface area contributed by atoms with Crippen LogP contribution in [0.5, 0.6) is 5.75 Å². The van der Waals surface area contributed by atoms with Gasteiger partial charge in [0.15, 0.2) is 6.61 Å². The van der Waals surface area contributed by atoms with Crippen molar-refractivity contribution in [3.05, 3.63) is 41.9 Å². The van der Waals surface area contributed by atoms with Gasteiger partial charge in [-0.1, -0.05) is 29.8 Å². The highest BCUT2D eigenvalue weighted by Crippen LogP contribution is 2.23. The second-order valence-electron chi connectivity index (χ2n) is 5.47. The molecule has 0 aliphatic carbocycles. The van der Waals surface area contributed by atoms with Gasteiger partial charge in [0, 0.05) is 32.7 Å². The molecular formula is C17H22ClN3O3. The van der Waals surface area contributed by atoms with Crippen molar-refractivity contribution in [2.75, 3.05) is 45.9 Å². The van der Waals surface area contributed by atoms with Crippen LogP contribution in [0.15, 0.2) is 36.9 Å². The van der Waals surface area contributed by atoms with Gasteiger partial charge in [0.2, 0.25) is 5.91 Å². The number of carbonyl (C=O) groups excluding carboxylic acids is 2. The summed E-state index contributed by atoms with van der Waals surface area (Å²) in [6.45, 7) is 6.83. The lowest BCUT2D eigenvalue weighted by atomic mass is 10.3. The van der Waals surface area contributed by atoms with Crippen molar-refractivity contribution >= 4 is 23.4 Å². The largest absolute Gasteiger partial charge is 0.482 e. The first-order valence-electron chi connectivity index (χ1n) is 7.85. The molecule has 7 heteroatoms. The monoisotopic (exact) mass is 351 g/mol. The maximum atomic E-state index is 12.2. The molecule has 2 amide bonds. The molecule has 0 unspecified atom stereocenters. The van der Waals surface area contributed by atoms with E-state index in [2.05, 4.69) is 11.9 Å². The SMILES string of the molecule is C=CCNC(=O)CN1CCN(C(=O)COc2ccccc2Cl)CC1. The molecule has 0 radical (unpaired) electrons. The zero-order chi connectivity index (χ0) is 17.4. The van der Waals surface area contributed by atoms with Gasteiger partial charge < -0.3 is 15.0 Å². The Morgan fingerprint density at radius 1 is 1.25 bits per heavy atom. The predicted octanol–water partition coefficient (Wildman–Crippen LogP) is 1.17. The molecule has 1 fully saturated rings. The first-order chi connectivity index (χ1) is 11.6. The molecule has 0 atom stereocenters. The quantitative estimate of drug-likeness (QED) is 0.749. The van der Waals surface area contributed by atoms with E-state index in [4.69, 9.17) is 16.3 Å². The van der Waals surface area contributed by atoms with Crippen LogP contribution < -0.4 is 10.1 Å². The summed E-state index contributed by atoms with van der Waals surface area (Å²) in [5.74, 6) is 0.396. The first kappa shape index (κ1) is 18.3. The molecule has 6 nitrogen and oxygen atoms in total. The average Bonchev–Trinajstić information content (AvgIpc) is 2.59. The lowest BCUT2D eigenvalue weighted by molar-refractivity contribution is -0.135. The van der Waals surface area contributed by atoms with Crippen LogP contribution in [0.2, 0.25) is 5.02 Å². The van der Waals surface area contributed by atoms with Gasteiger partial charge in [-0.2, -0.15) is 0 Å². The molecule has 1 saturated heterocycles. The first-order valence-corrected chi connectivity index (χ1v) is 8.23. The van der Waals surface area contributed by atoms with E-state index in [1.807, 2.05) is 11.0 Å². The van der Waals surface area contributed by atoms with Crippen molar-refractivity contribution in [3.8, 4) is 5.75 Å². The Balaban J connectivity index is 1.71. The zero-order valence-electron chi connectivity index (χ0n) is 13.5. The van der Waals surface area contributed by atoms with Crippen molar-refractivity contribution in [2.24, 2.45) is 0 Å². The van der Waals surface area contributed by atoms with Gasteiger partial charge in [0.1, 0.15) is 5.75 Å². The highest BCUT2D eigenvalue weighted by molar-refractivity contribution is 6.32. The molecule has 0 saturated carbocycles. The third kappa shape index (κ3) is 5.54. The van der Waals surface area contributed by atoms with Crippen molar-refractivity contribution in [3.63, 3.8) is 0 Å². The Hall–Kier alpha value is -2.05. The Morgan fingerprint density at radius 2 is 1.96 bits per heavy atom. The zero-order valence-corrected chi connectivity index (χ0v) is 14.3. The number of rotatable bonds is 7. The van der Waals surface area contributed by atoms with Gasteiger partial charge in [0.25, 0.3) is 5.91 Å². The molecule has 130 valence electrons. The average molecular weight is 352 g/mol. The van der Waals surface area contributed by atoms with E-state index in [1.54, 1.807) is 29.2 Å². The highest BCUT2D eigenvalue weighted by atomic mass is 35.5. The fraction of sp³-hybridized carbons (Fsp3) is 0.412. The summed E-state index contributed by atoms with van der Waals surface area (Å²) in [7, 11) is 0. The summed E-state index contributed by atoms with van der Waals surface area (Å²) in [4.78, 5) is 27.6. The van der Waals surface area contributed by atoms with Gasteiger partial charge in [-0.25, -0.2) is 0 Å². The molecule has 0 bridgehead atoms. The molecule has 1 N–H and O–H groups in total. The second kappa shape index (κ2) is 9.30. The number of hydrogen-bond donors (Lipinski definition) is 1. The van der Waals surface area contributed by atoms with Crippen LogP contribution >= 0.6 is 11.6 Å². The number of hydrogen-bond acceptors (Lipinski definition) is 4. The van der Waals surface area contributed by atoms with E-state index in [1.165, 1.54) is 0 Å². The number of ether oxygens (including phenoxy) is 1. The van der Waals surface area contributed by atoms with Crippen LogP contribution in [0.1, 0.15) is 0 Å². The Labute approximate surface area is 147 Å². The highest BCUT2D eigenvalue weighted by Gasteiger charge is 2.22. The number of piperazine rings is 1. The lowest BCUT2D eigenvalue weighted by Gasteiger charge is -2.34. The minimum atomic E-state index is -0.0781. The summed E-state index contributed by atoms with van der Waals surface area (Å²) in [5.41, 5.74) is 0. The van der Waals surface area contributed by atoms with Gasteiger partial charge in [0.05, 0.1) is 11.6 Å². The minimum absolute atomic E-state index is 0.0308. The Kier molecular flexibility index (Phi) is 7.08. The molecule has 1 aliphatic heterocycles. The Morgan fingerprint density at radius 3 is 2.62 bits per heavy atom. The van der Waals surface area contributed by atoms with Crippen LogP contribution in [-0.4, -0.2) is 67.5 Å². The smallest absolute Gasteiger partial charge is 0.260 e. The summed E-state index contributed by atoms with van der Waals surface area (Å²) < 4.78 is 5.48. The second-order valence-corrected chi connectivity index (χ2v) is 5.88. The maximum absolute atomic E-state index is 12.2. The lowest BCUT2D eigenvalue weighted by Crippen LogP contribution is -2.52. The predicted molar refractivity (Wildman–Crippen MR) is 93.2 cm³/mol. The fourth-order valence-electron chi connectivity index (χ4n) is 2.39. The minimum Gasteiger partial charge on any atom is -0.482 e. The van der Waals surface area contributed by atoms with Crippen LogP contribution in [0.4, 0.5) is 0 Å². The fourth-order valence-corrected chi connectivity index (χ4v) is 2.58. The molecule has 24 heavy (non-hydrogen) atoms. The van der Waals surface area contributed by atoms with E-state index >= 15 is 0 Å². The molecule has 0 spiro atoms. The number of amides is 2. The van der Waals surface area contributed by atoms with Crippen molar-refractivity contribution in [2.45, 2.75) is 0 Å². The maximum Gasteiger partial charge on any atom is 0.260 e. The third-order valence-corrected chi connectivity index (χ3v) is 4.04. The molecular weight excluding hydrogens is 330 g/mol. The molecule has 1 heterocycles. The van der Waals surface area contributed by atoms with Crippen LogP contribution in [0, 0.1) is 0 Å². The summed E-state index contributed by atoms with van der Waals surface area (Å²) in [6, 6.07) is 7.07. The summed E-state index contributed by atoms with van der Waals surface area (Å²) in [5, 5.41) is 3.23. The van der Waals surface area contributed by atoms with E-state index < -0.39 is 0 Å². The van der Waals surface area contributed by atoms with E-state index in [0.29, 0.717) is 50.0 Å². The normalized spacial score (nSPS) is 15.0. The number of benzene rings is 1. The van der Waals surface area contributed by atoms with Gasteiger partial charge >= 0.3 is 0 Å². The summed E-state index contributed by atoms with van der Waals surface area (Å²) in [6.07, 6.45) is 1.65. The van der Waals surface area contributed by atoms with Crippen molar-refractivity contribution < 1.29 is 14.3 Å². The molecule has 1 aliphatic rings. The number of halogens is 1. The van der Waals surface area contributed by atoms with Gasteiger partial charge in [-0.15, -0.1) is 6.58 Å². The van der Waals surface area contributed by atoms with E-state index in [-0.39, 0.29) is 18.4 Å². The van der Waals surface area contributed by atoms with Gasteiger partial charge in [-0.05, 0) is 12.1 Å². The molecule has 1 aromatic carbocycles. The number of carbonyl (C=O) groups is 2.